The second kappa shape index (κ2) is 6.99. The van der Waals surface area contributed by atoms with Crippen molar-refractivity contribution in [2.24, 2.45) is 5.73 Å². The summed E-state index contributed by atoms with van der Waals surface area (Å²) in [5, 5.41) is 13.4. The van der Waals surface area contributed by atoms with Crippen LogP contribution in [0.5, 0.6) is 0 Å². The molecule has 0 aliphatic rings. The third kappa shape index (κ3) is 4.68. The monoisotopic (exact) mass is 316 g/mol. The van der Waals surface area contributed by atoms with E-state index in [2.05, 4.69) is 10.0 Å². The fourth-order valence-corrected chi connectivity index (χ4v) is 2.90. The molecule has 0 atom stereocenters. The number of hydrogen-bond acceptors (Lipinski definition) is 6. The Kier molecular flexibility index (Phi) is 5.61. The normalized spacial score (nSPS) is 11.1. The van der Waals surface area contributed by atoms with E-state index in [1.54, 1.807) is 0 Å². The Morgan fingerprint density at radius 3 is 2.62 bits per heavy atom. The van der Waals surface area contributed by atoms with Gasteiger partial charge in [0, 0.05) is 32.1 Å². The molecule has 0 aromatic heterocycles. The summed E-state index contributed by atoms with van der Waals surface area (Å²) in [6.07, 6.45) is 0.300. The Labute approximate surface area is 121 Å². The number of nitrogens with two attached hydrogens (primary N) is 1. The van der Waals surface area contributed by atoms with E-state index in [-0.39, 0.29) is 35.7 Å². The Morgan fingerprint density at radius 2 is 2.10 bits per heavy atom. The largest absolute Gasteiger partial charge is 0.387 e. The van der Waals surface area contributed by atoms with Gasteiger partial charge in [-0.15, -0.1) is 0 Å². The van der Waals surface area contributed by atoms with Crippen molar-refractivity contribution in [3.05, 3.63) is 28.3 Å². The fourth-order valence-electron chi connectivity index (χ4n) is 1.60. The molecule has 0 radical (unpaired) electrons. The van der Waals surface area contributed by atoms with E-state index in [0.717, 1.165) is 6.07 Å². The van der Waals surface area contributed by atoms with Gasteiger partial charge in [-0.3, -0.25) is 14.9 Å². The molecule has 9 nitrogen and oxygen atoms in total. The standard InChI is InChI=1S/C11H16N4O5S/c1-13-9-5-4-8(15(17)18)7-10(9)21(19,20)14-6-2-3-11(12)16/h4-5,7,13-14H,2-3,6H2,1H3,(H2,12,16). The van der Waals surface area contributed by atoms with Crippen LogP contribution in [0.3, 0.4) is 0 Å². The molecule has 1 aromatic rings. The van der Waals surface area contributed by atoms with Crippen LogP contribution in [0.1, 0.15) is 12.8 Å². The molecule has 116 valence electrons. The molecule has 0 heterocycles. The molecule has 0 bridgehead atoms. The van der Waals surface area contributed by atoms with E-state index >= 15 is 0 Å². The maximum atomic E-state index is 12.1. The van der Waals surface area contributed by atoms with Gasteiger partial charge in [-0.05, 0) is 12.5 Å². The minimum atomic E-state index is -3.93. The number of carbonyl (C=O) groups excluding carboxylic acids is 1. The number of hydrogen-bond donors (Lipinski definition) is 3. The molecule has 0 saturated carbocycles. The lowest BCUT2D eigenvalue weighted by Gasteiger charge is -2.10. The van der Waals surface area contributed by atoms with Crippen molar-refractivity contribution in [3.8, 4) is 0 Å². The number of anilines is 1. The predicted octanol–water partition coefficient (Wildman–Crippen LogP) is 0.180. The second-order valence-electron chi connectivity index (χ2n) is 4.16. The number of non-ortho nitro benzene ring substituents is 1. The number of nitro groups is 1. The maximum absolute atomic E-state index is 12.1. The summed E-state index contributed by atoms with van der Waals surface area (Å²) in [5.74, 6) is -0.527. The molecule has 1 aromatic carbocycles. The Morgan fingerprint density at radius 1 is 1.43 bits per heavy atom. The average molecular weight is 316 g/mol. The van der Waals surface area contributed by atoms with Gasteiger partial charge in [0.15, 0.2) is 0 Å². The predicted molar refractivity (Wildman–Crippen MR) is 76.3 cm³/mol. The molecule has 0 aliphatic heterocycles. The first-order valence-electron chi connectivity index (χ1n) is 6.02. The van der Waals surface area contributed by atoms with Crippen LogP contribution in [0.2, 0.25) is 0 Å². The van der Waals surface area contributed by atoms with Crippen molar-refractivity contribution < 1.29 is 18.1 Å². The summed E-state index contributed by atoms with van der Waals surface area (Å²) in [6, 6.07) is 3.50. The van der Waals surface area contributed by atoms with Crippen LogP contribution in [0.25, 0.3) is 0 Å². The minimum absolute atomic E-state index is 0.0110. The molecule has 0 aliphatic carbocycles. The third-order valence-electron chi connectivity index (χ3n) is 2.63. The number of primary amides is 1. The summed E-state index contributed by atoms with van der Waals surface area (Å²) in [6.45, 7) is 0.0110. The highest BCUT2D eigenvalue weighted by Gasteiger charge is 2.21. The van der Waals surface area contributed by atoms with E-state index in [9.17, 15) is 23.3 Å². The van der Waals surface area contributed by atoms with Crippen molar-refractivity contribution >= 4 is 27.3 Å². The first-order chi connectivity index (χ1) is 9.77. The summed E-state index contributed by atoms with van der Waals surface area (Å²) < 4.78 is 26.6. The summed E-state index contributed by atoms with van der Waals surface area (Å²) >= 11 is 0. The highest BCUT2D eigenvalue weighted by molar-refractivity contribution is 7.89. The van der Waals surface area contributed by atoms with E-state index in [4.69, 9.17) is 5.73 Å². The number of amides is 1. The van der Waals surface area contributed by atoms with Gasteiger partial charge in [0.05, 0.1) is 10.6 Å². The van der Waals surface area contributed by atoms with E-state index in [1.165, 1.54) is 19.2 Å². The van der Waals surface area contributed by atoms with Crippen LogP contribution >= 0.6 is 0 Å². The van der Waals surface area contributed by atoms with Crippen LogP contribution in [0.4, 0.5) is 11.4 Å². The lowest BCUT2D eigenvalue weighted by molar-refractivity contribution is -0.385. The van der Waals surface area contributed by atoms with Crippen molar-refractivity contribution in [3.63, 3.8) is 0 Å². The lowest BCUT2D eigenvalue weighted by atomic mass is 10.3. The van der Waals surface area contributed by atoms with E-state index in [1.807, 2.05) is 0 Å². The van der Waals surface area contributed by atoms with Crippen molar-refractivity contribution in [2.75, 3.05) is 18.9 Å². The minimum Gasteiger partial charge on any atom is -0.387 e. The molecule has 0 fully saturated rings. The SMILES string of the molecule is CNc1ccc([N+](=O)[O-])cc1S(=O)(=O)NCCCC(N)=O. The number of sulfonamides is 1. The molecule has 0 unspecified atom stereocenters. The first kappa shape index (κ1) is 16.9. The van der Waals surface area contributed by atoms with E-state index in [0.29, 0.717) is 0 Å². The van der Waals surface area contributed by atoms with Crippen LogP contribution in [-0.4, -0.2) is 32.8 Å². The third-order valence-corrected chi connectivity index (χ3v) is 4.13. The van der Waals surface area contributed by atoms with Crippen LogP contribution in [-0.2, 0) is 14.8 Å². The smallest absolute Gasteiger partial charge is 0.270 e. The van der Waals surface area contributed by atoms with Gasteiger partial charge >= 0.3 is 0 Å². The van der Waals surface area contributed by atoms with Gasteiger partial charge in [0.25, 0.3) is 5.69 Å². The number of benzene rings is 1. The zero-order valence-electron chi connectivity index (χ0n) is 11.3. The van der Waals surface area contributed by atoms with Crippen molar-refractivity contribution in [1.82, 2.24) is 4.72 Å². The summed E-state index contributed by atoms with van der Waals surface area (Å²) in [4.78, 5) is 20.4. The molecule has 1 amide bonds. The Bertz CT molecular complexity index is 644. The highest BCUT2D eigenvalue weighted by atomic mass is 32.2. The molecule has 0 saturated heterocycles. The first-order valence-corrected chi connectivity index (χ1v) is 7.50. The number of nitrogens with zero attached hydrogens (tertiary/aromatic N) is 1. The zero-order chi connectivity index (χ0) is 16.0. The van der Waals surface area contributed by atoms with Gasteiger partial charge in [-0.2, -0.15) is 0 Å². The van der Waals surface area contributed by atoms with E-state index < -0.39 is 20.9 Å². The van der Waals surface area contributed by atoms with Crippen molar-refractivity contribution in [2.45, 2.75) is 17.7 Å². The van der Waals surface area contributed by atoms with Gasteiger partial charge in [0.2, 0.25) is 15.9 Å². The Hall–Kier alpha value is -2.20. The summed E-state index contributed by atoms with van der Waals surface area (Å²) in [7, 11) is -2.42. The molecular formula is C11H16N4O5S. The topological polar surface area (TPSA) is 144 Å². The maximum Gasteiger partial charge on any atom is 0.270 e. The van der Waals surface area contributed by atoms with Gasteiger partial charge < -0.3 is 11.1 Å². The molecule has 1 rings (SSSR count). The second-order valence-corrected chi connectivity index (χ2v) is 5.89. The van der Waals surface area contributed by atoms with Crippen LogP contribution in [0.15, 0.2) is 23.1 Å². The molecular weight excluding hydrogens is 300 g/mol. The number of carbonyl (C=O) groups is 1. The zero-order valence-corrected chi connectivity index (χ0v) is 12.1. The highest BCUT2D eigenvalue weighted by Crippen LogP contribution is 2.25. The van der Waals surface area contributed by atoms with Gasteiger partial charge in [-0.25, -0.2) is 13.1 Å². The van der Waals surface area contributed by atoms with Crippen LogP contribution < -0.4 is 15.8 Å². The van der Waals surface area contributed by atoms with Crippen molar-refractivity contribution in [1.29, 1.82) is 0 Å². The average Bonchev–Trinajstić information content (AvgIpc) is 2.42. The van der Waals surface area contributed by atoms with Gasteiger partial charge in [-0.1, -0.05) is 0 Å². The molecule has 21 heavy (non-hydrogen) atoms. The number of nitrogens with one attached hydrogen (secondary N) is 2. The lowest BCUT2D eigenvalue weighted by Crippen LogP contribution is -2.26. The fraction of sp³-hybridized carbons (Fsp3) is 0.364. The molecule has 10 heteroatoms. The quantitative estimate of drug-likeness (QED) is 0.354. The summed E-state index contributed by atoms with van der Waals surface area (Å²) in [5.41, 5.74) is 4.86. The Balaban J connectivity index is 2.97. The molecule has 0 spiro atoms. The van der Waals surface area contributed by atoms with Gasteiger partial charge in [0.1, 0.15) is 4.90 Å². The number of nitro benzene ring substituents is 1. The number of rotatable bonds is 8. The van der Waals surface area contributed by atoms with Crippen LogP contribution in [0, 0.1) is 10.1 Å². The molecule has 4 N–H and O–H groups in total.